The largest absolute Gasteiger partial charge is 0.497 e. The van der Waals surface area contributed by atoms with Crippen molar-refractivity contribution in [3.8, 4) is 5.75 Å². The van der Waals surface area contributed by atoms with Gasteiger partial charge < -0.3 is 10.1 Å². The lowest BCUT2D eigenvalue weighted by atomic mass is 10.2. The normalized spacial score (nSPS) is 11.2. The molecule has 0 saturated heterocycles. The van der Waals surface area contributed by atoms with Crippen LogP contribution in [-0.4, -0.2) is 26.4 Å². The number of anilines is 2. The van der Waals surface area contributed by atoms with Crippen molar-refractivity contribution in [2.24, 2.45) is 0 Å². The Hall–Kier alpha value is -4.18. The average molecular weight is 453 g/mol. The summed E-state index contributed by atoms with van der Waals surface area (Å²) in [4.78, 5) is 22.4. The molecule has 0 saturated carbocycles. The molecule has 0 atom stereocenters. The molecule has 0 heterocycles. The van der Waals surface area contributed by atoms with Crippen LogP contribution in [-0.2, 0) is 14.8 Å². The maximum absolute atomic E-state index is 12.5. The lowest BCUT2D eigenvalue weighted by Gasteiger charge is -2.09. The van der Waals surface area contributed by atoms with Crippen LogP contribution in [0.25, 0.3) is 6.08 Å². The monoisotopic (exact) mass is 453 g/mol. The first kappa shape index (κ1) is 22.5. The zero-order valence-corrected chi connectivity index (χ0v) is 17.7. The highest BCUT2D eigenvalue weighted by Gasteiger charge is 2.14. The average Bonchev–Trinajstić information content (AvgIpc) is 2.78. The van der Waals surface area contributed by atoms with Crippen LogP contribution in [0.4, 0.5) is 17.1 Å². The molecule has 0 unspecified atom stereocenters. The van der Waals surface area contributed by atoms with Crippen molar-refractivity contribution in [1.29, 1.82) is 0 Å². The van der Waals surface area contributed by atoms with E-state index in [4.69, 9.17) is 4.74 Å². The van der Waals surface area contributed by atoms with Gasteiger partial charge in [-0.05, 0) is 54.1 Å². The third kappa shape index (κ3) is 5.92. The second-order valence-electron chi connectivity index (χ2n) is 6.53. The lowest BCUT2D eigenvalue weighted by Crippen LogP contribution is -2.12. The van der Waals surface area contributed by atoms with Crippen LogP contribution < -0.4 is 14.8 Å². The van der Waals surface area contributed by atoms with Crippen LogP contribution >= 0.6 is 0 Å². The molecule has 0 aromatic heterocycles. The Balaban J connectivity index is 1.64. The molecule has 3 aromatic carbocycles. The fourth-order valence-corrected chi connectivity index (χ4v) is 3.74. The fraction of sp³-hybridized carbons (Fsp3) is 0.0455. The summed E-state index contributed by atoms with van der Waals surface area (Å²) in [7, 11) is -2.26. The number of rotatable bonds is 8. The number of amides is 1. The number of ether oxygens (including phenoxy) is 1. The van der Waals surface area contributed by atoms with E-state index in [2.05, 4.69) is 10.0 Å². The second kappa shape index (κ2) is 9.75. The summed E-state index contributed by atoms with van der Waals surface area (Å²) in [5.74, 6) is 0.127. The molecular weight excluding hydrogens is 434 g/mol. The highest BCUT2D eigenvalue weighted by Crippen LogP contribution is 2.20. The minimum atomic E-state index is -3.78. The number of hydrogen-bond acceptors (Lipinski definition) is 6. The number of nitrogens with zero attached hydrogens (tertiary/aromatic N) is 1. The Kier molecular flexibility index (Phi) is 6.86. The fourth-order valence-electron chi connectivity index (χ4n) is 2.68. The zero-order chi connectivity index (χ0) is 23.1. The van der Waals surface area contributed by atoms with E-state index in [0.29, 0.717) is 22.7 Å². The molecule has 32 heavy (non-hydrogen) atoms. The molecule has 0 aliphatic rings. The van der Waals surface area contributed by atoms with E-state index in [1.165, 1.54) is 55.7 Å². The number of nitro benzene ring substituents is 1. The predicted octanol–water partition coefficient (Wildman–Crippen LogP) is 4.06. The number of methoxy groups -OCH3 is 1. The highest BCUT2D eigenvalue weighted by atomic mass is 32.2. The number of hydrogen-bond donors (Lipinski definition) is 2. The standard InChI is InChI=1S/C22H19N3O6S/c1-31-20-10-8-17(9-11-20)24-32(29,30)21-12-5-16(6-13-21)7-14-22(26)23-18-3-2-4-19(15-18)25(27)28/h2-15,24H,1H3,(H,23,26)/b14-7+. The van der Waals surface area contributed by atoms with Gasteiger partial charge in [0.15, 0.2) is 0 Å². The van der Waals surface area contributed by atoms with E-state index < -0.39 is 20.9 Å². The van der Waals surface area contributed by atoms with Crippen LogP contribution in [0, 0.1) is 10.1 Å². The van der Waals surface area contributed by atoms with E-state index in [-0.39, 0.29) is 10.6 Å². The molecule has 0 radical (unpaired) electrons. The number of carbonyl (C=O) groups is 1. The Labute approximate surface area is 184 Å². The first-order chi connectivity index (χ1) is 15.3. The van der Waals surface area contributed by atoms with Gasteiger partial charge in [-0.2, -0.15) is 0 Å². The van der Waals surface area contributed by atoms with Crippen molar-refractivity contribution >= 4 is 39.1 Å². The van der Waals surface area contributed by atoms with Crippen molar-refractivity contribution in [2.45, 2.75) is 4.90 Å². The Morgan fingerprint density at radius 3 is 2.31 bits per heavy atom. The van der Waals surface area contributed by atoms with Gasteiger partial charge in [-0.3, -0.25) is 19.6 Å². The topological polar surface area (TPSA) is 128 Å². The van der Waals surface area contributed by atoms with Crippen LogP contribution in [0.2, 0.25) is 0 Å². The quantitative estimate of drug-likeness (QED) is 0.301. The molecule has 164 valence electrons. The third-order valence-electron chi connectivity index (χ3n) is 4.28. The van der Waals surface area contributed by atoms with Crippen LogP contribution in [0.1, 0.15) is 5.56 Å². The number of benzene rings is 3. The smallest absolute Gasteiger partial charge is 0.271 e. The van der Waals surface area contributed by atoms with Gasteiger partial charge in [-0.1, -0.05) is 18.2 Å². The summed E-state index contributed by atoms with van der Waals surface area (Å²) in [5, 5.41) is 13.3. The van der Waals surface area contributed by atoms with Crippen LogP contribution in [0.5, 0.6) is 5.75 Å². The number of nitrogens with one attached hydrogen (secondary N) is 2. The van der Waals surface area contributed by atoms with Gasteiger partial charge in [0, 0.05) is 29.6 Å². The van der Waals surface area contributed by atoms with Crippen molar-refractivity contribution in [1.82, 2.24) is 0 Å². The molecule has 0 aliphatic carbocycles. The SMILES string of the molecule is COc1ccc(NS(=O)(=O)c2ccc(/C=C/C(=O)Nc3cccc([N+](=O)[O-])c3)cc2)cc1. The van der Waals surface area contributed by atoms with E-state index >= 15 is 0 Å². The molecule has 10 heteroatoms. The van der Waals surface area contributed by atoms with E-state index in [1.54, 1.807) is 36.4 Å². The predicted molar refractivity (Wildman–Crippen MR) is 121 cm³/mol. The summed E-state index contributed by atoms with van der Waals surface area (Å²) < 4.78 is 32.6. The molecule has 0 aliphatic heterocycles. The lowest BCUT2D eigenvalue weighted by molar-refractivity contribution is -0.384. The summed E-state index contributed by atoms with van der Waals surface area (Å²) >= 11 is 0. The van der Waals surface area contributed by atoms with E-state index in [1.807, 2.05) is 0 Å². The molecule has 0 fully saturated rings. The van der Waals surface area contributed by atoms with Crippen molar-refractivity contribution < 1.29 is 22.9 Å². The first-order valence-electron chi connectivity index (χ1n) is 9.27. The third-order valence-corrected chi connectivity index (χ3v) is 5.68. The maximum atomic E-state index is 12.5. The van der Waals surface area contributed by atoms with Gasteiger partial charge >= 0.3 is 0 Å². The van der Waals surface area contributed by atoms with E-state index in [0.717, 1.165) is 0 Å². The molecule has 3 rings (SSSR count). The molecule has 0 bridgehead atoms. The molecule has 1 amide bonds. The number of non-ortho nitro benzene ring substituents is 1. The van der Waals surface area contributed by atoms with Gasteiger partial charge in [0.2, 0.25) is 5.91 Å². The van der Waals surface area contributed by atoms with Crippen molar-refractivity contribution in [2.75, 3.05) is 17.1 Å². The Morgan fingerprint density at radius 2 is 1.69 bits per heavy atom. The minimum Gasteiger partial charge on any atom is -0.497 e. The van der Waals surface area contributed by atoms with Crippen molar-refractivity contribution in [3.63, 3.8) is 0 Å². The molecular formula is C22H19N3O6S. The van der Waals surface area contributed by atoms with Gasteiger partial charge in [-0.15, -0.1) is 0 Å². The van der Waals surface area contributed by atoms with Crippen LogP contribution in [0.15, 0.2) is 83.8 Å². The summed E-state index contributed by atoms with van der Waals surface area (Å²) in [6.07, 6.45) is 2.75. The zero-order valence-electron chi connectivity index (χ0n) is 16.9. The summed E-state index contributed by atoms with van der Waals surface area (Å²) in [6, 6.07) is 18.0. The highest BCUT2D eigenvalue weighted by molar-refractivity contribution is 7.92. The second-order valence-corrected chi connectivity index (χ2v) is 8.22. The van der Waals surface area contributed by atoms with E-state index in [9.17, 15) is 23.3 Å². The van der Waals surface area contributed by atoms with Gasteiger partial charge in [0.05, 0.1) is 16.9 Å². The number of nitro groups is 1. The van der Waals surface area contributed by atoms with Crippen LogP contribution in [0.3, 0.4) is 0 Å². The minimum absolute atomic E-state index is 0.0616. The molecule has 3 aromatic rings. The van der Waals surface area contributed by atoms with Crippen molar-refractivity contribution in [3.05, 3.63) is 94.6 Å². The number of sulfonamides is 1. The molecule has 0 spiro atoms. The Morgan fingerprint density at radius 1 is 1.00 bits per heavy atom. The number of carbonyl (C=O) groups excluding carboxylic acids is 1. The summed E-state index contributed by atoms with van der Waals surface area (Å²) in [5.41, 5.74) is 1.15. The van der Waals surface area contributed by atoms with Gasteiger partial charge in [0.25, 0.3) is 15.7 Å². The summed E-state index contributed by atoms with van der Waals surface area (Å²) in [6.45, 7) is 0. The maximum Gasteiger partial charge on any atom is 0.271 e. The first-order valence-corrected chi connectivity index (χ1v) is 10.8. The Bertz CT molecular complexity index is 1250. The van der Waals surface area contributed by atoms with Gasteiger partial charge in [-0.25, -0.2) is 8.42 Å². The molecule has 9 nitrogen and oxygen atoms in total. The molecule has 2 N–H and O–H groups in total. The van der Waals surface area contributed by atoms with Gasteiger partial charge in [0.1, 0.15) is 5.75 Å².